The molecule has 0 saturated heterocycles. The minimum Gasteiger partial charge on any atom is -0.338 e. The van der Waals surface area contributed by atoms with Gasteiger partial charge in [-0.25, -0.2) is 9.37 Å². The van der Waals surface area contributed by atoms with Crippen molar-refractivity contribution in [2.45, 2.75) is 13.8 Å². The minimum absolute atomic E-state index is 0.316. The third-order valence-corrected chi connectivity index (χ3v) is 3.49. The van der Waals surface area contributed by atoms with Crippen LogP contribution in [0.25, 0.3) is 22.4 Å². The number of aryl methyl sites for hydroxylation is 2. The summed E-state index contributed by atoms with van der Waals surface area (Å²) in [5, 5.41) is 8.05. The van der Waals surface area contributed by atoms with Crippen LogP contribution in [0.1, 0.15) is 11.4 Å². The van der Waals surface area contributed by atoms with Gasteiger partial charge in [-0.15, -0.1) is 0 Å². The second kappa shape index (κ2) is 4.38. The molecule has 0 saturated carbocycles. The van der Waals surface area contributed by atoms with E-state index in [2.05, 4.69) is 36.1 Å². The highest BCUT2D eigenvalue weighted by atomic mass is 79.9. The molecule has 96 valence electrons. The van der Waals surface area contributed by atoms with Crippen molar-refractivity contribution in [2.75, 3.05) is 0 Å². The van der Waals surface area contributed by atoms with E-state index in [9.17, 15) is 4.39 Å². The molecule has 19 heavy (non-hydrogen) atoms. The monoisotopic (exact) mass is 320 g/mol. The van der Waals surface area contributed by atoms with Gasteiger partial charge >= 0.3 is 0 Å². The van der Waals surface area contributed by atoms with Gasteiger partial charge < -0.3 is 4.98 Å². The van der Waals surface area contributed by atoms with Crippen LogP contribution in [0.2, 0.25) is 0 Å². The van der Waals surface area contributed by atoms with E-state index in [4.69, 9.17) is 0 Å². The van der Waals surface area contributed by atoms with E-state index >= 15 is 0 Å². The summed E-state index contributed by atoms with van der Waals surface area (Å²) < 4.78 is 13.9. The standard InChI is InChI=1S/C13H10BrFN4/c1-6-3-8(7(2)19-18-6)13-16-11-4-9(14)10(15)5-12(11)17-13/h3-5H,1-2H3,(H,16,17). The summed E-state index contributed by atoms with van der Waals surface area (Å²) in [4.78, 5) is 7.58. The van der Waals surface area contributed by atoms with Crippen LogP contribution in [0.3, 0.4) is 0 Å². The van der Waals surface area contributed by atoms with Crippen molar-refractivity contribution in [3.63, 3.8) is 0 Å². The number of imidazole rings is 1. The fourth-order valence-corrected chi connectivity index (χ4v) is 2.25. The fourth-order valence-electron chi connectivity index (χ4n) is 1.92. The maximum Gasteiger partial charge on any atom is 0.140 e. The molecule has 0 bridgehead atoms. The van der Waals surface area contributed by atoms with Gasteiger partial charge in [-0.1, -0.05) is 0 Å². The maximum atomic E-state index is 13.5. The van der Waals surface area contributed by atoms with Crippen molar-refractivity contribution in [3.8, 4) is 11.4 Å². The first-order valence-corrected chi connectivity index (χ1v) is 6.50. The molecule has 6 heteroatoms. The number of hydrogen-bond donors (Lipinski definition) is 1. The van der Waals surface area contributed by atoms with Gasteiger partial charge in [-0.2, -0.15) is 10.2 Å². The molecule has 3 aromatic rings. The number of nitrogens with zero attached hydrogens (tertiary/aromatic N) is 3. The second-order valence-electron chi connectivity index (χ2n) is 4.35. The summed E-state index contributed by atoms with van der Waals surface area (Å²) in [5.74, 6) is 0.353. The average molecular weight is 321 g/mol. The molecule has 2 aromatic heterocycles. The van der Waals surface area contributed by atoms with E-state index in [0.29, 0.717) is 21.3 Å². The fraction of sp³-hybridized carbons (Fsp3) is 0.154. The molecule has 0 aliphatic heterocycles. The SMILES string of the molecule is Cc1cc(-c2nc3cc(Br)c(F)cc3[nH]2)c(C)nn1. The van der Waals surface area contributed by atoms with E-state index in [0.717, 1.165) is 17.0 Å². The minimum atomic E-state index is -0.316. The molecule has 0 radical (unpaired) electrons. The van der Waals surface area contributed by atoms with Crippen LogP contribution in [0.4, 0.5) is 4.39 Å². The molecule has 1 aromatic carbocycles. The lowest BCUT2D eigenvalue weighted by atomic mass is 10.2. The van der Waals surface area contributed by atoms with Crippen molar-refractivity contribution < 1.29 is 4.39 Å². The maximum absolute atomic E-state index is 13.5. The average Bonchev–Trinajstić information content (AvgIpc) is 2.75. The number of benzene rings is 1. The predicted molar refractivity (Wildman–Crippen MR) is 74.3 cm³/mol. The van der Waals surface area contributed by atoms with Crippen molar-refractivity contribution >= 4 is 27.0 Å². The van der Waals surface area contributed by atoms with Crippen molar-refractivity contribution in [2.24, 2.45) is 0 Å². The zero-order valence-corrected chi connectivity index (χ0v) is 11.9. The van der Waals surface area contributed by atoms with Gasteiger partial charge in [0.2, 0.25) is 0 Å². The van der Waals surface area contributed by atoms with E-state index in [1.54, 1.807) is 6.07 Å². The Morgan fingerprint density at radius 1 is 1.16 bits per heavy atom. The molecule has 0 atom stereocenters. The molecule has 3 rings (SSSR count). The largest absolute Gasteiger partial charge is 0.338 e. The van der Waals surface area contributed by atoms with Gasteiger partial charge in [0.1, 0.15) is 11.6 Å². The quantitative estimate of drug-likeness (QED) is 0.746. The molecule has 0 amide bonds. The lowest BCUT2D eigenvalue weighted by Crippen LogP contribution is -1.94. The van der Waals surface area contributed by atoms with E-state index < -0.39 is 0 Å². The number of rotatable bonds is 1. The Balaban J connectivity index is 2.23. The Morgan fingerprint density at radius 3 is 2.74 bits per heavy atom. The third-order valence-electron chi connectivity index (χ3n) is 2.88. The highest BCUT2D eigenvalue weighted by Gasteiger charge is 2.11. The summed E-state index contributed by atoms with van der Waals surface area (Å²) >= 11 is 3.16. The predicted octanol–water partition coefficient (Wildman–Crippen LogP) is 3.54. The lowest BCUT2D eigenvalue weighted by Gasteiger charge is -2.01. The molecule has 2 heterocycles. The molecule has 0 spiro atoms. The Labute approximate surface area is 117 Å². The number of H-pyrrole nitrogens is 1. The molecule has 0 unspecified atom stereocenters. The Morgan fingerprint density at radius 2 is 1.95 bits per heavy atom. The van der Waals surface area contributed by atoms with Crippen LogP contribution < -0.4 is 0 Å². The Bertz CT molecular complexity index is 743. The van der Waals surface area contributed by atoms with E-state index in [-0.39, 0.29) is 5.82 Å². The van der Waals surface area contributed by atoms with Crippen LogP contribution in [0.15, 0.2) is 22.7 Å². The molecule has 1 N–H and O–H groups in total. The summed E-state index contributed by atoms with van der Waals surface area (Å²) in [6.45, 7) is 3.74. The van der Waals surface area contributed by atoms with Crippen LogP contribution in [0, 0.1) is 19.7 Å². The Kier molecular flexibility index (Phi) is 2.82. The highest BCUT2D eigenvalue weighted by molar-refractivity contribution is 9.10. The molecule has 0 aliphatic rings. The Hall–Kier alpha value is -1.82. The third kappa shape index (κ3) is 2.12. The topological polar surface area (TPSA) is 54.5 Å². The summed E-state index contributed by atoms with van der Waals surface area (Å²) in [6.07, 6.45) is 0. The second-order valence-corrected chi connectivity index (χ2v) is 5.21. The van der Waals surface area contributed by atoms with Crippen molar-refractivity contribution in [1.29, 1.82) is 0 Å². The van der Waals surface area contributed by atoms with Crippen LogP contribution >= 0.6 is 15.9 Å². The first kappa shape index (κ1) is 12.2. The van der Waals surface area contributed by atoms with E-state index in [1.807, 2.05) is 19.9 Å². The summed E-state index contributed by atoms with van der Waals surface area (Å²) in [6, 6.07) is 4.99. The smallest absolute Gasteiger partial charge is 0.140 e. The first-order valence-electron chi connectivity index (χ1n) is 5.70. The number of nitrogens with one attached hydrogen (secondary N) is 1. The molecule has 4 nitrogen and oxygen atoms in total. The van der Waals surface area contributed by atoms with Gasteiger partial charge in [0.05, 0.1) is 26.9 Å². The number of aromatic nitrogens is 4. The molecule has 0 aliphatic carbocycles. The van der Waals surface area contributed by atoms with Gasteiger partial charge in [0.25, 0.3) is 0 Å². The van der Waals surface area contributed by atoms with Crippen molar-refractivity contribution in [3.05, 3.63) is 39.9 Å². The zero-order chi connectivity index (χ0) is 13.6. The zero-order valence-electron chi connectivity index (χ0n) is 10.3. The number of aromatic amines is 1. The van der Waals surface area contributed by atoms with Gasteiger partial charge in [-0.05, 0) is 41.9 Å². The lowest BCUT2D eigenvalue weighted by molar-refractivity contribution is 0.623. The summed E-state index contributed by atoms with van der Waals surface area (Å²) in [5.41, 5.74) is 3.83. The number of fused-ring (bicyclic) bond motifs is 1. The van der Waals surface area contributed by atoms with Gasteiger partial charge in [0, 0.05) is 11.6 Å². The molecular formula is C13H10BrFN4. The van der Waals surface area contributed by atoms with Crippen LogP contribution in [-0.4, -0.2) is 20.2 Å². The normalized spacial score (nSPS) is 11.2. The first-order chi connectivity index (χ1) is 9.04. The molecular weight excluding hydrogens is 311 g/mol. The van der Waals surface area contributed by atoms with Crippen LogP contribution in [0.5, 0.6) is 0 Å². The number of halogens is 2. The molecule has 0 fully saturated rings. The van der Waals surface area contributed by atoms with E-state index in [1.165, 1.54) is 6.07 Å². The number of hydrogen-bond acceptors (Lipinski definition) is 3. The highest BCUT2D eigenvalue weighted by Crippen LogP contribution is 2.26. The van der Waals surface area contributed by atoms with Crippen molar-refractivity contribution in [1.82, 2.24) is 20.2 Å². The van der Waals surface area contributed by atoms with Crippen LogP contribution in [-0.2, 0) is 0 Å². The van der Waals surface area contributed by atoms with Gasteiger partial charge in [-0.3, -0.25) is 0 Å². The van der Waals surface area contributed by atoms with Gasteiger partial charge in [0.15, 0.2) is 0 Å². The summed E-state index contributed by atoms with van der Waals surface area (Å²) in [7, 11) is 0.